The standard InChI is InChI=1S/C28H34N4O9/c1-12-11-41-7-6-32(12)10-17(33)30-16-5-4-13-8-14-9-15-21(31(2)3)24(36)20(27(29)39)26(38)28(15,40)25(37)19(14)23(35)18(13)22(16)34/h4-5,12,14-15,21,34-35,38,40H,6-11H2,1-3H3,(H2,29,39)(H,30,33)/t12?,14?,15?,21-,28?/m0/s1. The smallest absolute Gasteiger partial charge is 0.255 e. The molecular weight excluding hydrogens is 536 g/mol. The number of Topliss-reactive ketones (excluding diaryl/α,β-unsaturated/α-hetero) is 2. The number of benzene rings is 1. The maximum atomic E-state index is 13.9. The minimum atomic E-state index is -2.71. The van der Waals surface area contributed by atoms with E-state index in [1.807, 2.05) is 11.8 Å². The van der Waals surface area contributed by atoms with Crippen LogP contribution in [0.25, 0.3) is 5.76 Å². The molecule has 1 saturated heterocycles. The summed E-state index contributed by atoms with van der Waals surface area (Å²) in [6.07, 6.45) is 0.171. The SMILES string of the molecule is CC1COCCN1CC(=O)Nc1ccc2c(c1O)C(O)=C1C(=O)C3(O)C(O)=C(C(N)=O)C(=O)[C@@H](N(C)C)C3CC1C2. The number of phenols is 1. The molecule has 0 bridgehead atoms. The van der Waals surface area contributed by atoms with Gasteiger partial charge in [-0.25, -0.2) is 0 Å². The number of ketones is 2. The van der Waals surface area contributed by atoms with Crippen molar-refractivity contribution in [1.82, 2.24) is 9.80 Å². The van der Waals surface area contributed by atoms with Gasteiger partial charge in [0.25, 0.3) is 5.91 Å². The zero-order valence-corrected chi connectivity index (χ0v) is 23.0. The molecular formula is C28H34N4O9. The molecule has 2 amide bonds. The van der Waals surface area contributed by atoms with E-state index < -0.39 is 69.7 Å². The van der Waals surface area contributed by atoms with Gasteiger partial charge in [-0.05, 0) is 51.4 Å². The second-order valence-corrected chi connectivity index (χ2v) is 11.4. The first-order valence-electron chi connectivity index (χ1n) is 13.4. The topological polar surface area (TPSA) is 203 Å². The summed E-state index contributed by atoms with van der Waals surface area (Å²) in [6.45, 7) is 3.56. The Kier molecular flexibility index (Phi) is 7.18. The summed E-state index contributed by atoms with van der Waals surface area (Å²) >= 11 is 0. The van der Waals surface area contributed by atoms with E-state index in [1.54, 1.807) is 20.2 Å². The number of nitrogens with one attached hydrogen (secondary N) is 1. The molecule has 5 rings (SSSR count). The molecule has 1 aromatic carbocycles. The molecule has 4 aliphatic rings. The monoisotopic (exact) mass is 570 g/mol. The van der Waals surface area contributed by atoms with Crippen molar-refractivity contribution in [3.8, 4) is 5.75 Å². The molecule has 41 heavy (non-hydrogen) atoms. The average Bonchev–Trinajstić information content (AvgIpc) is 2.89. The number of hydrogen-bond donors (Lipinski definition) is 6. The van der Waals surface area contributed by atoms with Crippen LogP contribution in [-0.2, 0) is 30.3 Å². The number of phenolic OH excluding ortho intramolecular Hbond substituents is 1. The van der Waals surface area contributed by atoms with Gasteiger partial charge in [0.05, 0.1) is 37.1 Å². The lowest BCUT2D eigenvalue weighted by Gasteiger charge is -2.50. The van der Waals surface area contributed by atoms with Crippen LogP contribution >= 0.6 is 0 Å². The van der Waals surface area contributed by atoms with Crippen LogP contribution in [0.1, 0.15) is 24.5 Å². The van der Waals surface area contributed by atoms with Crippen LogP contribution < -0.4 is 11.1 Å². The number of likely N-dealkylation sites (N-methyl/N-ethyl adjacent to an activating group) is 1. The van der Waals surface area contributed by atoms with E-state index in [1.165, 1.54) is 11.0 Å². The molecule has 0 spiro atoms. The zero-order valence-electron chi connectivity index (χ0n) is 23.0. The molecule has 3 aliphatic carbocycles. The van der Waals surface area contributed by atoms with Gasteiger partial charge in [-0.15, -0.1) is 0 Å². The number of aliphatic hydroxyl groups excluding tert-OH is 2. The van der Waals surface area contributed by atoms with E-state index in [0.29, 0.717) is 25.3 Å². The molecule has 1 heterocycles. The lowest BCUT2D eigenvalue weighted by Crippen LogP contribution is -2.65. The second kappa shape index (κ2) is 10.2. The fraction of sp³-hybridized carbons (Fsp3) is 0.500. The van der Waals surface area contributed by atoms with E-state index >= 15 is 0 Å². The number of aliphatic hydroxyl groups is 3. The van der Waals surface area contributed by atoms with Crippen LogP contribution in [0.15, 0.2) is 29.0 Å². The summed E-state index contributed by atoms with van der Waals surface area (Å²) in [5, 5.41) is 47.7. The number of hydrogen-bond acceptors (Lipinski definition) is 11. The Labute approximate surface area is 235 Å². The van der Waals surface area contributed by atoms with Crippen LogP contribution in [0.3, 0.4) is 0 Å². The Morgan fingerprint density at radius 1 is 1.22 bits per heavy atom. The third kappa shape index (κ3) is 4.40. The first-order valence-corrected chi connectivity index (χ1v) is 13.4. The third-order valence-electron chi connectivity index (χ3n) is 8.72. The summed E-state index contributed by atoms with van der Waals surface area (Å²) in [6, 6.07) is 2.02. The van der Waals surface area contributed by atoms with Gasteiger partial charge >= 0.3 is 0 Å². The number of carbonyl (C=O) groups is 4. The zero-order chi connectivity index (χ0) is 30.0. The van der Waals surface area contributed by atoms with Crippen molar-refractivity contribution in [3.63, 3.8) is 0 Å². The average molecular weight is 571 g/mol. The lowest BCUT2D eigenvalue weighted by atomic mass is 9.57. The molecule has 7 N–H and O–H groups in total. The minimum Gasteiger partial charge on any atom is -0.508 e. The number of rotatable bonds is 5. The van der Waals surface area contributed by atoms with Crippen LogP contribution in [-0.4, -0.2) is 112 Å². The summed E-state index contributed by atoms with van der Waals surface area (Å²) in [5.41, 5.74) is 1.95. The second-order valence-electron chi connectivity index (χ2n) is 11.4. The number of anilines is 1. The fourth-order valence-corrected chi connectivity index (χ4v) is 6.69. The van der Waals surface area contributed by atoms with E-state index in [2.05, 4.69) is 5.32 Å². The third-order valence-corrected chi connectivity index (χ3v) is 8.72. The van der Waals surface area contributed by atoms with Gasteiger partial charge in [0.1, 0.15) is 22.8 Å². The molecule has 220 valence electrons. The number of amides is 2. The highest BCUT2D eigenvalue weighted by molar-refractivity contribution is 6.24. The van der Waals surface area contributed by atoms with Gasteiger partial charge in [-0.2, -0.15) is 0 Å². The number of ether oxygens (including phenoxy) is 1. The molecule has 5 atom stereocenters. The number of aromatic hydroxyl groups is 1. The van der Waals surface area contributed by atoms with Crippen molar-refractivity contribution in [2.75, 3.05) is 45.7 Å². The molecule has 4 unspecified atom stereocenters. The lowest BCUT2D eigenvalue weighted by molar-refractivity contribution is -0.153. The van der Waals surface area contributed by atoms with E-state index in [9.17, 15) is 39.6 Å². The Morgan fingerprint density at radius 3 is 2.56 bits per heavy atom. The first-order chi connectivity index (χ1) is 19.3. The van der Waals surface area contributed by atoms with Crippen molar-refractivity contribution < 1.29 is 44.3 Å². The highest BCUT2D eigenvalue weighted by Crippen LogP contribution is 2.53. The maximum absolute atomic E-state index is 13.9. The maximum Gasteiger partial charge on any atom is 0.255 e. The first kappa shape index (κ1) is 28.7. The highest BCUT2D eigenvalue weighted by atomic mass is 16.5. The van der Waals surface area contributed by atoms with E-state index in [4.69, 9.17) is 10.5 Å². The number of primary amides is 1. The van der Waals surface area contributed by atoms with Gasteiger partial charge in [0.15, 0.2) is 11.4 Å². The van der Waals surface area contributed by atoms with Crippen molar-refractivity contribution in [1.29, 1.82) is 0 Å². The number of morpholine rings is 1. The van der Waals surface area contributed by atoms with Crippen molar-refractivity contribution in [2.45, 2.75) is 37.5 Å². The Balaban J connectivity index is 1.53. The van der Waals surface area contributed by atoms with Crippen LogP contribution in [0.5, 0.6) is 5.75 Å². The molecule has 0 radical (unpaired) electrons. The molecule has 1 aromatic rings. The molecule has 1 saturated carbocycles. The normalized spacial score (nSPS) is 30.2. The Bertz CT molecular complexity index is 1420. The van der Waals surface area contributed by atoms with Crippen LogP contribution in [0, 0.1) is 11.8 Å². The minimum absolute atomic E-state index is 0.00272. The van der Waals surface area contributed by atoms with Gasteiger partial charge in [0, 0.05) is 24.1 Å². The Hall–Kier alpha value is -3.78. The highest BCUT2D eigenvalue weighted by Gasteiger charge is 2.64. The molecule has 0 aromatic heterocycles. The van der Waals surface area contributed by atoms with Crippen LogP contribution in [0.2, 0.25) is 0 Å². The number of nitrogens with zero attached hydrogens (tertiary/aromatic N) is 2. The number of fused-ring (bicyclic) bond motifs is 3. The summed E-state index contributed by atoms with van der Waals surface area (Å²) < 4.78 is 5.39. The predicted molar refractivity (Wildman–Crippen MR) is 145 cm³/mol. The Morgan fingerprint density at radius 2 is 1.93 bits per heavy atom. The van der Waals surface area contributed by atoms with Gasteiger partial charge in [-0.1, -0.05) is 6.07 Å². The van der Waals surface area contributed by atoms with Gasteiger partial charge in [0.2, 0.25) is 11.7 Å². The summed E-state index contributed by atoms with van der Waals surface area (Å²) in [7, 11) is 3.09. The number of nitrogens with two attached hydrogens (primary N) is 1. The number of carbonyl (C=O) groups excluding carboxylic acids is 4. The van der Waals surface area contributed by atoms with E-state index in [0.717, 1.165) is 0 Å². The van der Waals surface area contributed by atoms with Crippen molar-refractivity contribution in [2.24, 2.45) is 17.6 Å². The predicted octanol–water partition coefficient (Wildman–Crippen LogP) is -0.377. The molecule has 1 aliphatic heterocycles. The van der Waals surface area contributed by atoms with E-state index in [-0.39, 0.29) is 42.3 Å². The van der Waals surface area contributed by atoms with Gasteiger partial charge < -0.3 is 36.2 Å². The summed E-state index contributed by atoms with van der Waals surface area (Å²) in [4.78, 5) is 55.3. The molecule has 13 nitrogen and oxygen atoms in total. The van der Waals surface area contributed by atoms with Gasteiger partial charge in [-0.3, -0.25) is 29.0 Å². The largest absolute Gasteiger partial charge is 0.508 e. The fourth-order valence-electron chi connectivity index (χ4n) is 6.69. The quantitative estimate of drug-likeness (QED) is 0.199. The van der Waals surface area contributed by atoms with Crippen molar-refractivity contribution in [3.05, 3.63) is 40.2 Å². The summed E-state index contributed by atoms with van der Waals surface area (Å²) in [5.74, 6) is -7.61. The molecule has 2 fully saturated rings. The van der Waals surface area contributed by atoms with Crippen LogP contribution in [0.4, 0.5) is 5.69 Å². The van der Waals surface area contributed by atoms with Crippen molar-refractivity contribution >= 4 is 34.8 Å². The molecule has 13 heteroatoms.